The lowest BCUT2D eigenvalue weighted by Gasteiger charge is -2.21. The summed E-state index contributed by atoms with van der Waals surface area (Å²) in [6.07, 6.45) is 1.18. The van der Waals surface area contributed by atoms with E-state index in [9.17, 15) is 13.0 Å². The lowest BCUT2D eigenvalue weighted by Crippen LogP contribution is -2.23. The highest BCUT2D eigenvalue weighted by molar-refractivity contribution is 7.86. The number of halogens is 1. The van der Waals surface area contributed by atoms with Gasteiger partial charge in [-0.25, -0.2) is 0 Å². The van der Waals surface area contributed by atoms with Gasteiger partial charge in [0.25, 0.3) is 10.1 Å². The smallest absolute Gasteiger partial charge is 0.279 e. The molecular weight excluding hydrogens is 292 g/mol. The third-order valence-corrected chi connectivity index (χ3v) is 3.99. The predicted molar refractivity (Wildman–Crippen MR) is 70.1 cm³/mol. The molecule has 0 radical (unpaired) electrons. The van der Waals surface area contributed by atoms with Gasteiger partial charge in [-0.1, -0.05) is 29.8 Å². The second kappa shape index (κ2) is 4.70. The first-order valence-electron chi connectivity index (χ1n) is 5.48. The van der Waals surface area contributed by atoms with E-state index in [4.69, 9.17) is 21.1 Å². The highest BCUT2D eigenvalue weighted by Crippen LogP contribution is 2.39. The van der Waals surface area contributed by atoms with Crippen LogP contribution in [0.3, 0.4) is 0 Å². The molecular formula is C12H13ClO5S. The fraction of sp³-hybridized carbons (Fsp3) is 0.333. The Morgan fingerprint density at radius 2 is 1.95 bits per heavy atom. The second-order valence-corrected chi connectivity index (χ2v) is 6.47. The summed E-state index contributed by atoms with van der Waals surface area (Å²) in [5.74, 6) is -0.972. The summed E-state index contributed by atoms with van der Waals surface area (Å²) < 4.78 is 43.2. The van der Waals surface area contributed by atoms with Crippen molar-refractivity contribution in [2.24, 2.45) is 0 Å². The standard InChI is InChI=1S/C12H13ClO5S/c1-12(2)17-7-10(18-12)11(19(14,15)16)8-5-3-4-6-9(8)13/h3-7,11H,1-2H3,(H,14,15,16)/t11-/m0/s1. The Bertz CT molecular complexity index is 621. The quantitative estimate of drug-likeness (QED) is 0.869. The third kappa shape index (κ3) is 3.02. The normalized spacial score (nSPS) is 19.3. The molecule has 0 bridgehead atoms. The molecule has 1 aromatic rings. The lowest BCUT2D eigenvalue weighted by atomic mass is 10.1. The van der Waals surface area contributed by atoms with Crippen LogP contribution in [0.2, 0.25) is 5.02 Å². The number of hydrogen-bond donors (Lipinski definition) is 1. The van der Waals surface area contributed by atoms with Gasteiger partial charge in [-0.15, -0.1) is 0 Å². The van der Waals surface area contributed by atoms with E-state index in [1.165, 1.54) is 18.4 Å². The van der Waals surface area contributed by atoms with Gasteiger partial charge in [0.1, 0.15) is 6.26 Å². The average Bonchev–Trinajstić information content (AvgIpc) is 2.60. The highest BCUT2D eigenvalue weighted by Gasteiger charge is 2.39. The Morgan fingerprint density at radius 1 is 1.32 bits per heavy atom. The van der Waals surface area contributed by atoms with Crippen LogP contribution in [0.1, 0.15) is 24.7 Å². The third-order valence-electron chi connectivity index (χ3n) is 2.57. The van der Waals surface area contributed by atoms with Gasteiger partial charge in [-0.3, -0.25) is 4.55 Å². The molecule has 0 unspecified atom stereocenters. The van der Waals surface area contributed by atoms with Gasteiger partial charge in [-0.2, -0.15) is 8.42 Å². The largest absolute Gasteiger partial charge is 0.457 e. The molecule has 0 spiro atoms. The molecule has 2 rings (SSSR count). The Hall–Kier alpha value is -1.24. The van der Waals surface area contributed by atoms with Gasteiger partial charge in [0.05, 0.1) is 0 Å². The lowest BCUT2D eigenvalue weighted by molar-refractivity contribution is -0.117. The summed E-state index contributed by atoms with van der Waals surface area (Å²) in [7, 11) is -4.43. The molecule has 0 saturated heterocycles. The SMILES string of the molecule is CC1(C)OC=C([C@H](c2ccccc2Cl)S(=O)(=O)O)O1. The molecule has 19 heavy (non-hydrogen) atoms. The molecule has 104 valence electrons. The van der Waals surface area contributed by atoms with Crippen molar-refractivity contribution in [3.8, 4) is 0 Å². The van der Waals surface area contributed by atoms with Gasteiger partial charge in [0.15, 0.2) is 11.0 Å². The molecule has 1 aliphatic heterocycles. The van der Waals surface area contributed by atoms with Crippen LogP contribution in [-0.4, -0.2) is 18.8 Å². The fourth-order valence-electron chi connectivity index (χ4n) is 1.80. The van der Waals surface area contributed by atoms with E-state index in [1.54, 1.807) is 26.0 Å². The molecule has 1 N–H and O–H groups in total. The molecule has 0 fully saturated rings. The van der Waals surface area contributed by atoms with Crippen molar-refractivity contribution in [3.63, 3.8) is 0 Å². The van der Waals surface area contributed by atoms with Gasteiger partial charge < -0.3 is 9.47 Å². The van der Waals surface area contributed by atoms with Gasteiger partial charge in [-0.05, 0) is 11.6 Å². The van der Waals surface area contributed by atoms with Crippen LogP contribution < -0.4 is 0 Å². The van der Waals surface area contributed by atoms with Crippen LogP contribution in [-0.2, 0) is 19.6 Å². The van der Waals surface area contributed by atoms with Crippen molar-refractivity contribution in [1.29, 1.82) is 0 Å². The molecule has 1 aliphatic rings. The Kier molecular flexibility index (Phi) is 3.51. The maximum atomic E-state index is 11.6. The molecule has 7 heteroatoms. The van der Waals surface area contributed by atoms with Crippen LogP contribution in [0, 0.1) is 0 Å². The first kappa shape index (κ1) is 14.2. The molecule has 0 aromatic heterocycles. The van der Waals surface area contributed by atoms with Crippen molar-refractivity contribution in [3.05, 3.63) is 46.9 Å². The van der Waals surface area contributed by atoms with Crippen molar-refractivity contribution in [2.75, 3.05) is 0 Å². The number of benzene rings is 1. The molecule has 1 heterocycles. The molecule has 0 saturated carbocycles. The summed E-state index contributed by atoms with van der Waals surface area (Å²) in [6, 6.07) is 6.34. The van der Waals surface area contributed by atoms with Gasteiger partial charge in [0, 0.05) is 18.9 Å². The summed E-state index contributed by atoms with van der Waals surface area (Å²) in [6.45, 7) is 3.26. The van der Waals surface area contributed by atoms with Crippen LogP contribution in [0.5, 0.6) is 0 Å². The van der Waals surface area contributed by atoms with Gasteiger partial charge in [0.2, 0.25) is 5.79 Å². The van der Waals surface area contributed by atoms with Gasteiger partial charge >= 0.3 is 0 Å². The van der Waals surface area contributed by atoms with Crippen LogP contribution in [0.25, 0.3) is 0 Å². The second-order valence-electron chi connectivity index (χ2n) is 4.56. The minimum Gasteiger partial charge on any atom is -0.457 e. The maximum absolute atomic E-state index is 11.6. The topological polar surface area (TPSA) is 72.8 Å². The zero-order valence-corrected chi connectivity index (χ0v) is 11.9. The Labute approximate surface area is 116 Å². The Balaban J connectivity index is 2.49. The van der Waals surface area contributed by atoms with Crippen LogP contribution in [0.4, 0.5) is 0 Å². The first-order chi connectivity index (χ1) is 8.71. The van der Waals surface area contributed by atoms with Crippen molar-refractivity contribution >= 4 is 21.7 Å². The maximum Gasteiger partial charge on any atom is 0.279 e. The zero-order chi connectivity index (χ0) is 14.3. The van der Waals surface area contributed by atoms with E-state index in [0.717, 1.165) is 0 Å². The number of ether oxygens (including phenoxy) is 2. The molecule has 1 atom stereocenters. The number of hydrogen-bond acceptors (Lipinski definition) is 4. The summed E-state index contributed by atoms with van der Waals surface area (Å²) in [5.41, 5.74) is 0.235. The average molecular weight is 305 g/mol. The minimum absolute atomic E-state index is 0.000556. The fourth-order valence-corrected chi connectivity index (χ4v) is 3.03. The summed E-state index contributed by atoms with van der Waals surface area (Å²) >= 11 is 5.98. The highest BCUT2D eigenvalue weighted by atomic mass is 35.5. The van der Waals surface area contributed by atoms with E-state index >= 15 is 0 Å². The molecule has 0 aliphatic carbocycles. The van der Waals surface area contributed by atoms with Crippen molar-refractivity contribution in [2.45, 2.75) is 24.9 Å². The van der Waals surface area contributed by atoms with Crippen molar-refractivity contribution < 1.29 is 22.4 Å². The van der Waals surface area contributed by atoms with Crippen LogP contribution >= 0.6 is 11.6 Å². The predicted octanol–water partition coefficient (Wildman–Crippen LogP) is 2.89. The van der Waals surface area contributed by atoms with E-state index in [-0.39, 0.29) is 16.3 Å². The van der Waals surface area contributed by atoms with E-state index < -0.39 is 21.2 Å². The molecule has 0 amide bonds. The van der Waals surface area contributed by atoms with E-state index in [1.807, 2.05) is 0 Å². The zero-order valence-electron chi connectivity index (χ0n) is 10.3. The van der Waals surface area contributed by atoms with Crippen molar-refractivity contribution in [1.82, 2.24) is 0 Å². The monoisotopic (exact) mass is 304 g/mol. The Morgan fingerprint density at radius 3 is 2.42 bits per heavy atom. The number of rotatable bonds is 3. The van der Waals surface area contributed by atoms with E-state index in [2.05, 4.69) is 0 Å². The summed E-state index contributed by atoms with van der Waals surface area (Å²) in [4.78, 5) is 0. The molecule has 5 nitrogen and oxygen atoms in total. The molecule has 1 aromatic carbocycles. The summed E-state index contributed by atoms with van der Waals surface area (Å²) in [5, 5.41) is -1.18. The first-order valence-corrected chi connectivity index (χ1v) is 7.36. The van der Waals surface area contributed by atoms with Crippen LogP contribution in [0.15, 0.2) is 36.3 Å². The minimum atomic E-state index is -4.43. The van der Waals surface area contributed by atoms with E-state index in [0.29, 0.717) is 0 Å².